The summed E-state index contributed by atoms with van der Waals surface area (Å²) in [5, 5.41) is 0. The number of carbonyl (C=O) groups excluding carboxylic acids is 1. The van der Waals surface area contributed by atoms with Crippen LogP contribution in [0.25, 0.3) is 0 Å². The van der Waals surface area contributed by atoms with E-state index in [0.29, 0.717) is 18.0 Å². The Labute approximate surface area is 116 Å². The van der Waals surface area contributed by atoms with E-state index in [1.165, 1.54) is 23.1 Å². The molecule has 0 fully saturated rings. The lowest BCUT2D eigenvalue weighted by Gasteiger charge is -2.38. The molecule has 0 aliphatic carbocycles. The van der Waals surface area contributed by atoms with Crippen LogP contribution >= 0.6 is 10.7 Å². The molecule has 0 unspecified atom stereocenters. The van der Waals surface area contributed by atoms with Crippen molar-refractivity contribution in [3.05, 3.63) is 18.2 Å². The van der Waals surface area contributed by atoms with E-state index < -0.39 is 14.7 Å². The third-order valence-corrected chi connectivity index (χ3v) is 4.30. The number of rotatable bonds is 2. The monoisotopic (exact) mass is 303 g/mol. The summed E-state index contributed by atoms with van der Waals surface area (Å²) in [4.78, 5) is 13.7. The van der Waals surface area contributed by atoms with Gasteiger partial charge in [0, 0.05) is 17.2 Å². The van der Waals surface area contributed by atoms with Crippen LogP contribution in [0.2, 0.25) is 0 Å². The molecule has 0 spiro atoms. The van der Waals surface area contributed by atoms with Gasteiger partial charge in [-0.05, 0) is 39.0 Å². The van der Waals surface area contributed by atoms with E-state index in [2.05, 4.69) is 0 Å². The topological polar surface area (TPSA) is 63.7 Å². The second kappa shape index (κ2) is 4.38. The van der Waals surface area contributed by atoms with Crippen molar-refractivity contribution in [1.29, 1.82) is 0 Å². The maximum atomic E-state index is 12.2. The molecule has 0 N–H and O–H groups in total. The van der Waals surface area contributed by atoms with Gasteiger partial charge in [-0.15, -0.1) is 0 Å². The number of likely N-dealkylation sites (N-methyl/N-ethyl adjacent to an activating group) is 1. The molecule has 7 heteroatoms. The van der Waals surface area contributed by atoms with Crippen LogP contribution in [0.3, 0.4) is 0 Å². The first-order chi connectivity index (χ1) is 8.66. The number of fused-ring (bicyclic) bond motifs is 1. The van der Waals surface area contributed by atoms with Crippen molar-refractivity contribution in [2.45, 2.75) is 31.3 Å². The predicted molar refractivity (Wildman–Crippen MR) is 72.2 cm³/mol. The molecule has 104 valence electrons. The summed E-state index contributed by atoms with van der Waals surface area (Å²) in [6.45, 7) is 5.58. The normalized spacial score (nSPS) is 17.9. The zero-order chi connectivity index (χ0) is 14.4. The van der Waals surface area contributed by atoms with Crippen molar-refractivity contribution in [3.8, 4) is 5.75 Å². The SMILES string of the molecule is CCN1C(=O)C(C)(C)Oc2ccc(S(=O)(=O)Cl)cc21. The van der Waals surface area contributed by atoms with Crippen LogP contribution in [0, 0.1) is 0 Å². The summed E-state index contributed by atoms with van der Waals surface area (Å²) in [7, 11) is 1.48. The lowest BCUT2D eigenvalue weighted by Crippen LogP contribution is -2.52. The molecular formula is C12H14ClNO4S. The van der Waals surface area contributed by atoms with Gasteiger partial charge in [-0.1, -0.05) is 0 Å². The molecule has 1 aromatic carbocycles. The fourth-order valence-electron chi connectivity index (χ4n) is 2.01. The van der Waals surface area contributed by atoms with Gasteiger partial charge in [0.15, 0.2) is 5.60 Å². The van der Waals surface area contributed by atoms with Crippen LogP contribution in [0.5, 0.6) is 5.75 Å². The third-order valence-electron chi connectivity index (χ3n) is 2.94. The van der Waals surface area contributed by atoms with Crippen molar-refractivity contribution < 1.29 is 17.9 Å². The summed E-state index contributed by atoms with van der Waals surface area (Å²) in [6.07, 6.45) is 0. The Morgan fingerprint density at radius 2 is 2.00 bits per heavy atom. The summed E-state index contributed by atoms with van der Waals surface area (Å²) >= 11 is 0. The third kappa shape index (κ3) is 2.42. The molecule has 1 aromatic rings. The molecule has 0 atom stereocenters. The minimum Gasteiger partial charge on any atom is -0.476 e. The second-order valence-corrected chi connectivity index (χ2v) is 7.30. The smallest absolute Gasteiger partial charge is 0.270 e. The number of ether oxygens (including phenoxy) is 1. The van der Waals surface area contributed by atoms with E-state index in [-0.39, 0.29) is 10.8 Å². The van der Waals surface area contributed by atoms with Crippen molar-refractivity contribution in [2.24, 2.45) is 0 Å². The van der Waals surface area contributed by atoms with Crippen molar-refractivity contribution in [3.63, 3.8) is 0 Å². The van der Waals surface area contributed by atoms with Gasteiger partial charge < -0.3 is 9.64 Å². The minimum atomic E-state index is -3.84. The molecule has 2 rings (SSSR count). The van der Waals surface area contributed by atoms with Crippen LogP contribution in [0.1, 0.15) is 20.8 Å². The zero-order valence-electron chi connectivity index (χ0n) is 10.8. The van der Waals surface area contributed by atoms with Gasteiger partial charge in [-0.25, -0.2) is 8.42 Å². The Morgan fingerprint density at radius 3 is 2.53 bits per heavy atom. The van der Waals surface area contributed by atoms with Crippen LogP contribution in [0.4, 0.5) is 5.69 Å². The van der Waals surface area contributed by atoms with Gasteiger partial charge in [0.2, 0.25) is 0 Å². The Bertz CT molecular complexity index is 639. The lowest BCUT2D eigenvalue weighted by atomic mass is 10.0. The Balaban J connectivity index is 2.62. The highest BCUT2D eigenvalue weighted by molar-refractivity contribution is 8.13. The average molecular weight is 304 g/mol. The summed E-state index contributed by atoms with van der Waals surface area (Å²) < 4.78 is 28.3. The van der Waals surface area contributed by atoms with Gasteiger partial charge in [0.1, 0.15) is 5.75 Å². The fraction of sp³-hybridized carbons (Fsp3) is 0.417. The fourth-order valence-corrected chi connectivity index (χ4v) is 2.78. The van der Waals surface area contributed by atoms with Crippen molar-refractivity contribution in [2.75, 3.05) is 11.4 Å². The molecule has 0 aromatic heterocycles. The maximum absolute atomic E-state index is 12.2. The Morgan fingerprint density at radius 1 is 1.37 bits per heavy atom. The van der Waals surface area contributed by atoms with Crippen molar-refractivity contribution >= 4 is 31.3 Å². The Hall–Kier alpha value is -1.27. The number of benzene rings is 1. The lowest BCUT2D eigenvalue weighted by molar-refractivity contribution is -0.132. The van der Waals surface area contributed by atoms with Crippen LogP contribution in [-0.2, 0) is 13.8 Å². The average Bonchev–Trinajstić information content (AvgIpc) is 2.28. The number of anilines is 1. The second-order valence-electron chi connectivity index (χ2n) is 4.73. The molecule has 0 bridgehead atoms. The number of halogens is 1. The number of nitrogens with zero attached hydrogens (tertiary/aromatic N) is 1. The van der Waals surface area contributed by atoms with Crippen LogP contribution < -0.4 is 9.64 Å². The van der Waals surface area contributed by atoms with Gasteiger partial charge in [-0.3, -0.25) is 4.79 Å². The molecule has 19 heavy (non-hydrogen) atoms. The highest BCUT2D eigenvalue weighted by atomic mass is 35.7. The minimum absolute atomic E-state index is 0.0533. The quantitative estimate of drug-likeness (QED) is 0.785. The van der Waals surface area contributed by atoms with Crippen molar-refractivity contribution in [1.82, 2.24) is 0 Å². The first kappa shape index (κ1) is 14.1. The van der Waals surface area contributed by atoms with Gasteiger partial charge in [0.25, 0.3) is 15.0 Å². The molecule has 1 aliphatic heterocycles. The van der Waals surface area contributed by atoms with Crippen LogP contribution in [-0.4, -0.2) is 26.5 Å². The maximum Gasteiger partial charge on any atom is 0.270 e. The number of hydrogen-bond donors (Lipinski definition) is 0. The Kier molecular flexibility index (Phi) is 3.26. The number of carbonyl (C=O) groups is 1. The standard InChI is InChI=1S/C12H14ClNO4S/c1-4-14-9-7-8(19(13,16)17)5-6-10(9)18-12(2,3)11(14)15/h5-7H,4H2,1-3H3. The summed E-state index contributed by atoms with van der Waals surface area (Å²) in [5.74, 6) is 0.252. The zero-order valence-corrected chi connectivity index (χ0v) is 12.4. The van der Waals surface area contributed by atoms with E-state index >= 15 is 0 Å². The first-order valence-electron chi connectivity index (χ1n) is 5.76. The molecule has 0 saturated carbocycles. The number of hydrogen-bond acceptors (Lipinski definition) is 4. The largest absolute Gasteiger partial charge is 0.476 e. The molecule has 1 amide bonds. The highest BCUT2D eigenvalue weighted by Crippen LogP contribution is 2.39. The van der Waals surface area contributed by atoms with E-state index in [4.69, 9.17) is 15.4 Å². The predicted octanol–water partition coefficient (Wildman–Crippen LogP) is 2.14. The molecule has 0 saturated heterocycles. The first-order valence-corrected chi connectivity index (χ1v) is 8.07. The van der Waals surface area contributed by atoms with Gasteiger partial charge in [-0.2, -0.15) is 0 Å². The van der Waals surface area contributed by atoms with E-state index in [9.17, 15) is 13.2 Å². The van der Waals surface area contributed by atoms with Gasteiger partial charge in [0.05, 0.1) is 10.6 Å². The number of amides is 1. The molecule has 5 nitrogen and oxygen atoms in total. The summed E-state index contributed by atoms with van der Waals surface area (Å²) in [5.41, 5.74) is -0.543. The van der Waals surface area contributed by atoms with Crippen LogP contribution in [0.15, 0.2) is 23.1 Å². The van der Waals surface area contributed by atoms with Gasteiger partial charge >= 0.3 is 0 Å². The summed E-state index contributed by atoms with van der Waals surface area (Å²) in [6, 6.07) is 4.23. The van der Waals surface area contributed by atoms with E-state index in [1.807, 2.05) is 6.92 Å². The molecular weight excluding hydrogens is 290 g/mol. The molecule has 0 radical (unpaired) electrons. The highest BCUT2D eigenvalue weighted by Gasteiger charge is 2.40. The molecule has 1 aliphatic rings. The van der Waals surface area contributed by atoms with E-state index in [1.54, 1.807) is 13.8 Å². The molecule has 1 heterocycles. The van der Waals surface area contributed by atoms with E-state index in [0.717, 1.165) is 0 Å².